The molecule has 0 saturated heterocycles. The molecule has 0 aromatic carbocycles. The Morgan fingerprint density at radius 1 is 1.26 bits per heavy atom. The van der Waals surface area contributed by atoms with Crippen molar-refractivity contribution in [3.8, 4) is 0 Å². The van der Waals surface area contributed by atoms with Gasteiger partial charge in [0, 0.05) is 25.4 Å². The maximum atomic E-state index is 4.61. The SMILES string of the molecule is CCSCCNCc1cccc(NCC(C)(C)C)n1. The smallest absolute Gasteiger partial charge is 0.126 e. The second-order valence-corrected chi connectivity index (χ2v) is 7.20. The summed E-state index contributed by atoms with van der Waals surface area (Å²) in [5.74, 6) is 3.32. The molecule has 0 atom stereocenters. The highest BCUT2D eigenvalue weighted by Crippen LogP contribution is 2.14. The van der Waals surface area contributed by atoms with Crippen LogP contribution in [0.25, 0.3) is 0 Å². The molecule has 0 bridgehead atoms. The number of rotatable bonds is 8. The number of aromatic nitrogens is 1. The first-order valence-electron chi connectivity index (χ1n) is 6.99. The zero-order valence-corrected chi connectivity index (χ0v) is 13.4. The Labute approximate surface area is 122 Å². The molecule has 0 radical (unpaired) electrons. The van der Waals surface area contributed by atoms with E-state index in [1.807, 2.05) is 17.8 Å². The molecule has 0 saturated carbocycles. The van der Waals surface area contributed by atoms with Crippen LogP contribution in [0.5, 0.6) is 0 Å². The van der Waals surface area contributed by atoms with E-state index in [0.717, 1.165) is 31.1 Å². The van der Waals surface area contributed by atoms with Crippen molar-refractivity contribution in [2.24, 2.45) is 5.41 Å². The number of hydrogen-bond donors (Lipinski definition) is 2. The van der Waals surface area contributed by atoms with Crippen molar-refractivity contribution in [3.05, 3.63) is 23.9 Å². The number of nitrogens with one attached hydrogen (secondary N) is 2. The largest absolute Gasteiger partial charge is 0.370 e. The third-order valence-electron chi connectivity index (χ3n) is 2.54. The minimum absolute atomic E-state index is 0.271. The normalized spacial score (nSPS) is 11.6. The molecule has 0 aliphatic carbocycles. The van der Waals surface area contributed by atoms with Crippen LogP contribution in [-0.4, -0.2) is 29.6 Å². The Bertz CT molecular complexity index is 361. The molecule has 1 aromatic heterocycles. The molecular formula is C15H27N3S. The average molecular weight is 281 g/mol. The van der Waals surface area contributed by atoms with E-state index in [4.69, 9.17) is 0 Å². The van der Waals surface area contributed by atoms with Crippen LogP contribution in [0, 0.1) is 5.41 Å². The van der Waals surface area contributed by atoms with Gasteiger partial charge in [-0.2, -0.15) is 11.8 Å². The Morgan fingerprint density at radius 2 is 2.05 bits per heavy atom. The van der Waals surface area contributed by atoms with Crippen LogP contribution in [0.1, 0.15) is 33.4 Å². The number of pyridine rings is 1. The highest BCUT2D eigenvalue weighted by atomic mass is 32.2. The molecule has 1 heterocycles. The molecule has 0 amide bonds. The Morgan fingerprint density at radius 3 is 2.74 bits per heavy atom. The summed E-state index contributed by atoms with van der Waals surface area (Å²) in [6.07, 6.45) is 0. The first-order chi connectivity index (χ1) is 9.01. The van der Waals surface area contributed by atoms with Gasteiger partial charge in [-0.25, -0.2) is 4.98 Å². The van der Waals surface area contributed by atoms with E-state index in [1.165, 1.54) is 11.5 Å². The minimum atomic E-state index is 0.271. The second-order valence-electron chi connectivity index (χ2n) is 5.80. The molecular weight excluding hydrogens is 254 g/mol. The van der Waals surface area contributed by atoms with Gasteiger partial charge in [0.15, 0.2) is 0 Å². The second kappa shape index (κ2) is 8.43. The fraction of sp³-hybridized carbons (Fsp3) is 0.667. The maximum absolute atomic E-state index is 4.61. The van der Waals surface area contributed by atoms with E-state index in [0.29, 0.717) is 0 Å². The first-order valence-corrected chi connectivity index (χ1v) is 8.15. The van der Waals surface area contributed by atoms with Crippen molar-refractivity contribution in [1.82, 2.24) is 10.3 Å². The van der Waals surface area contributed by atoms with Crippen LogP contribution in [0.3, 0.4) is 0 Å². The van der Waals surface area contributed by atoms with Gasteiger partial charge in [0.2, 0.25) is 0 Å². The van der Waals surface area contributed by atoms with Crippen LogP contribution in [-0.2, 0) is 6.54 Å². The van der Waals surface area contributed by atoms with Gasteiger partial charge in [0.25, 0.3) is 0 Å². The van der Waals surface area contributed by atoms with Crippen LogP contribution in [0.15, 0.2) is 18.2 Å². The summed E-state index contributed by atoms with van der Waals surface area (Å²) < 4.78 is 0. The van der Waals surface area contributed by atoms with E-state index < -0.39 is 0 Å². The fourth-order valence-electron chi connectivity index (χ4n) is 1.54. The van der Waals surface area contributed by atoms with Crippen molar-refractivity contribution in [2.75, 3.05) is 29.9 Å². The van der Waals surface area contributed by atoms with E-state index in [2.05, 4.69) is 55.4 Å². The van der Waals surface area contributed by atoms with E-state index in [9.17, 15) is 0 Å². The maximum Gasteiger partial charge on any atom is 0.126 e. The molecule has 0 fully saturated rings. The van der Waals surface area contributed by atoms with Crippen LogP contribution in [0.4, 0.5) is 5.82 Å². The van der Waals surface area contributed by atoms with Gasteiger partial charge in [-0.05, 0) is 23.3 Å². The van der Waals surface area contributed by atoms with Crippen molar-refractivity contribution in [1.29, 1.82) is 0 Å². The fourth-order valence-corrected chi connectivity index (χ4v) is 2.11. The number of hydrogen-bond acceptors (Lipinski definition) is 4. The molecule has 0 aliphatic rings. The van der Waals surface area contributed by atoms with Crippen LogP contribution in [0.2, 0.25) is 0 Å². The van der Waals surface area contributed by atoms with Crippen LogP contribution < -0.4 is 10.6 Å². The standard InChI is InChI=1S/C15H27N3S/c1-5-19-10-9-16-11-13-7-6-8-14(18-13)17-12-15(2,3)4/h6-8,16H,5,9-12H2,1-4H3,(H,17,18). The molecule has 1 rings (SSSR count). The lowest BCUT2D eigenvalue weighted by molar-refractivity contribution is 0.442. The summed E-state index contributed by atoms with van der Waals surface area (Å²) in [6.45, 7) is 11.7. The average Bonchev–Trinajstić information content (AvgIpc) is 2.36. The molecule has 4 heteroatoms. The monoisotopic (exact) mass is 281 g/mol. The van der Waals surface area contributed by atoms with Crippen LogP contribution >= 0.6 is 11.8 Å². The van der Waals surface area contributed by atoms with Crippen molar-refractivity contribution in [2.45, 2.75) is 34.2 Å². The van der Waals surface area contributed by atoms with Gasteiger partial charge in [-0.3, -0.25) is 0 Å². The molecule has 108 valence electrons. The van der Waals surface area contributed by atoms with Gasteiger partial charge >= 0.3 is 0 Å². The van der Waals surface area contributed by atoms with Gasteiger partial charge in [-0.15, -0.1) is 0 Å². The van der Waals surface area contributed by atoms with Gasteiger partial charge in [-0.1, -0.05) is 33.8 Å². The molecule has 3 nitrogen and oxygen atoms in total. The third kappa shape index (κ3) is 8.11. The molecule has 0 unspecified atom stereocenters. The summed E-state index contributed by atoms with van der Waals surface area (Å²) in [4.78, 5) is 4.61. The zero-order chi connectivity index (χ0) is 14.1. The van der Waals surface area contributed by atoms with E-state index >= 15 is 0 Å². The first kappa shape index (κ1) is 16.3. The predicted octanol–water partition coefficient (Wildman–Crippen LogP) is 3.38. The molecule has 2 N–H and O–H groups in total. The van der Waals surface area contributed by atoms with Crippen molar-refractivity contribution < 1.29 is 0 Å². The summed E-state index contributed by atoms with van der Waals surface area (Å²) in [6, 6.07) is 6.17. The number of nitrogens with zero attached hydrogens (tertiary/aromatic N) is 1. The Balaban J connectivity index is 2.35. The quantitative estimate of drug-likeness (QED) is 0.716. The number of anilines is 1. The molecule has 19 heavy (non-hydrogen) atoms. The predicted molar refractivity (Wildman–Crippen MR) is 86.9 cm³/mol. The van der Waals surface area contributed by atoms with E-state index in [-0.39, 0.29) is 5.41 Å². The minimum Gasteiger partial charge on any atom is -0.370 e. The number of thioether (sulfide) groups is 1. The topological polar surface area (TPSA) is 37.0 Å². The zero-order valence-electron chi connectivity index (χ0n) is 12.6. The molecule has 0 aliphatic heterocycles. The highest BCUT2D eigenvalue weighted by Gasteiger charge is 2.09. The van der Waals surface area contributed by atoms with Crippen molar-refractivity contribution in [3.63, 3.8) is 0 Å². The van der Waals surface area contributed by atoms with E-state index in [1.54, 1.807) is 0 Å². The van der Waals surface area contributed by atoms with Gasteiger partial charge in [0.1, 0.15) is 5.82 Å². The molecule has 1 aromatic rings. The lowest BCUT2D eigenvalue weighted by Crippen LogP contribution is -2.20. The highest BCUT2D eigenvalue weighted by molar-refractivity contribution is 7.99. The Kier molecular flexibility index (Phi) is 7.24. The Hall–Kier alpha value is -0.740. The lowest BCUT2D eigenvalue weighted by Gasteiger charge is -2.19. The summed E-state index contributed by atoms with van der Waals surface area (Å²) in [7, 11) is 0. The van der Waals surface area contributed by atoms with Gasteiger partial charge < -0.3 is 10.6 Å². The lowest BCUT2D eigenvalue weighted by atomic mass is 9.97. The summed E-state index contributed by atoms with van der Waals surface area (Å²) in [5.41, 5.74) is 1.37. The molecule has 0 spiro atoms. The van der Waals surface area contributed by atoms with Gasteiger partial charge in [0.05, 0.1) is 5.69 Å². The third-order valence-corrected chi connectivity index (χ3v) is 3.44. The summed E-state index contributed by atoms with van der Waals surface area (Å²) in [5, 5.41) is 6.82. The summed E-state index contributed by atoms with van der Waals surface area (Å²) >= 11 is 1.96. The van der Waals surface area contributed by atoms with Crippen molar-refractivity contribution >= 4 is 17.6 Å².